The Bertz CT molecular complexity index is 2530. The summed E-state index contributed by atoms with van der Waals surface area (Å²) in [7, 11) is -1.15. The quantitative estimate of drug-likeness (QED) is 0.211. The first-order valence-electron chi connectivity index (χ1n) is 16.5. The topological polar surface area (TPSA) is 134 Å². The molecule has 1 saturated carbocycles. The molecule has 0 radical (unpaired) electrons. The van der Waals surface area contributed by atoms with Gasteiger partial charge in [-0.3, -0.25) is 19.5 Å². The van der Waals surface area contributed by atoms with Gasteiger partial charge in [0, 0.05) is 73.6 Å². The number of halogens is 1. The molecule has 0 spiro atoms. The first-order valence-corrected chi connectivity index (χ1v) is 18.8. The third kappa shape index (κ3) is 4.60. The third-order valence-electron chi connectivity index (χ3n) is 10.6. The predicted octanol–water partition coefficient (Wildman–Crippen LogP) is 4.90. The van der Waals surface area contributed by atoms with Gasteiger partial charge < -0.3 is 4.90 Å². The molecule has 1 saturated heterocycles. The predicted molar refractivity (Wildman–Crippen MR) is 190 cm³/mol. The standard InChI is InChI=1S/C36H31FN8O4S2/c1-20-18-50-35(40-20)36(19-44-33(46)23-7-4-5-8-24(23)34(44)47)26-12-14-43(17-27(26)36)29-15-39-31-25(16-45(32(31)41-29)51(48,49)42(2)3)21-10-11-28(37)30-22(21)9-6-13-38-30/h4-11,13,15-16,18,26-27H,12,14,17,19H2,1-3H3/t26-,27+,36+/m1/s1. The molecule has 12 nitrogen and oxygen atoms in total. The van der Waals surface area contributed by atoms with E-state index in [2.05, 4.69) is 9.88 Å². The van der Waals surface area contributed by atoms with Crippen LogP contribution in [-0.2, 0) is 15.6 Å². The Labute approximate surface area is 296 Å². The zero-order valence-corrected chi connectivity index (χ0v) is 29.4. The number of imide groups is 1. The van der Waals surface area contributed by atoms with Crippen molar-refractivity contribution >= 4 is 61.2 Å². The number of aryl methyl sites for hydroxylation is 1. The molecule has 2 aliphatic heterocycles. The molecule has 15 heteroatoms. The number of nitrogens with zero attached hydrogens (tertiary/aromatic N) is 8. The molecule has 0 N–H and O–H groups in total. The number of carbonyl (C=O) groups is 2. The van der Waals surface area contributed by atoms with Gasteiger partial charge in [0.1, 0.15) is 27.7 Å². The van der Waals surface area contributed by atoms with E-state index < -0.39 is 21.4 Å². The summed E-state index contributed by atoms with van der Waals surface area (Å²) in [6.45, 7) is 3.33. The van der Waals surface area contributed by atoms with Crippen LogP contribution in [-0.4, -0.2) is 87.1 Å². The summed E-state index contributed by atoms with van der Waals surface area (Å²) in [4.78, 5) is 49.3. The van der Waals surface area contributed by atoms with Crippen LogP contribution in [0.1, 0.15) is 37.8 Å². The van der Waals surface area contributed by atoms with E-state index in [9.17, 15) is 22.4 Å². The van der Waals surface area contributed by atoms with E-state index >= 15 is 0 Å². The number of thiazole rings is 1. The van der Waals surface area contributed by atoms with Gasteiger partial charge in [-0.2, -0.15) is 12.7 Å². The van der Waals surface area contributed by atoms with Gasteiger partial charge in [0.05, 0.1) is 17.3 Å². The Morgan fingerprint density at radius 1 is 0.941 bits per heavy atom. The summed E-state index contributed by atoms with van der Waals surface area (Å²) in [5.74, 6) is -0.312. The van der Waals surface area contributed by atoms with E-state index in [0.717, 1.165) is 25.4 Å². The Hall–Kier alpha value is -5.12. The number of pyridine rings is 1. The number of aromatic nitrogens is 5. The average molecular weight is 723 g/mol. The van der Waals surface area contributed by atoms with Gasteiger partial charge in [0.2, 0.25) is 0 Å². The fraction of sp³-hybridized carbons (Fsp3) is 0.278. The van der Waals surface area contributed by atoms with Gasteiger partial charge in [-0.25, -0.2) is 23.3 Å². The fourth-order valence-electron chi connectivity index (χ4n) is 8.04. The molecule has 6 aromatic rings. The normalized spacial score (nSPS) is 21.6. The van der Waals surface area contributed by atoms with E-state index in [1.54, 1.807) is 60.0 Å². The summed E-state index contributed by atoms with van der Waals surface area (Å²) in [5.41, 5.74) is 2.92. The van der Waals surface area contributed by atoms with Gasteiger partial charge in [-0.05, 0) is 55.0 Å². The third-order valence-corrected chi connectivity index (χ3v) is 13.5. The molecule has 2 amide bonds. The van der Waals surface area contributed by atoms with Crippen LogP contribution in [0, 0.1) is 24.6 Å². The van der Waals surface area contributed by atoms with Crippen molar-refractivity contribution in [2.75, 3.05) is 38.6 Å². The van der Waals surface area contributed by atoms with E-state index in [4.69, 9.17) is 15.0 Å². The van der Waals surface area contributed by atoms with E-state index in [0.29, 0.717) is 52.1 Å². The van der Waals surface area contributed by atoms with Crippen LogP contribution in [0.4, 0.5) is 10.2 Å². The highest BCUT2D eigenvalue weighted by Crippen LogP contribution is 2.64. The summed E-state index contributed by atoms with van der Waals surface area (Å²) in [6, 6.07) is 13.3. The molecule has 1 aliphatic carbocycles. The summed E-state index contributed by atoms with van der Waals surface area (Å²) < 4.78 is 44.3. The monoisotopic (exact) mass is 722 g/mol. The van der Waals surface area contributed by atoms with Crippen LogP contribution in [0.2, 0.25) is 0 Å². The second kappa shape index (κ2) is 11.2. The lowest BCUT2D eigenvalue weighted by Crippen LogP contribution is -2.39. The van der Waals surface area contributed by atoms with Crippen molar-refractivity contribution in [2.24, 2.45) is 11.8 Å². The molecular formula is C36H31FN8O4S2. The van der Waals surface area contributed by atoms with Crippen molar-refractivity contribution < 1.29 is 22.4 Å². The molecule has 4 aromatic heterocycles. The van der Waals surface area contributed by atoms with Crippen LogP contribution in [0.15, 0.2) is 72.5 Å². The number of amides is 2. The number of fused-ring (bicyclic) bond motifs is 4. The number of piperidine rings is 1. The molecule has 3 aliphatic rings. The van der Waals surface area contributed by atoms with Crippen LogP contribution in [0.3, 0.4) is 0 Å². The average Bonchev–Trinajstić information content (AvgIpc) is 3.39. The first kappa shape index (κ1) is 31.8. The minimum Gasteiger partial charge on any atom is -0.355 e. The zero-order valence-electron chi connectivity index (χ0n) is 27.8. The molecule has 51 heavy (non-hydrogen) atoms. The summed E-state index contributed by atoms with van der Waals surface area (Å²) >= 11 is 1.55. The van der Waals surface area contributed by atoms with Crippen molar-refractivity contribution in [1.82, 2.24) is 33.1 Å². The second-order valence-electron chi connectivity index (χ2n) is 13.5. The van der Waals surface area contributed by atoms with Crippen LogP contribution >= 0.6 is 11.3 Å². The first-order chi connectivity index (χ1) is 24.5. The fourth-order valence-corrected chi connectivity index (χ4v) is 10.1. The minimum atomic E-state index is -4.04. The Morgan fingerprint density at radius 3 is 2.41 bits per heavy atom. The van der Waals surface area contributed by atoms with Crippen molar-refractivity contribution in [2.45, 2.75) is 18.8 Å². The summed E-state index contributed by atoms with van der Waals surface area (Å²) in [5, 5.41) is 3.43. The lowest BCUT2D eigenvalue weighted by Gasteiger charge is -2.27. The van der Waals surface area contributed by atoms with Gasteiger partial charge in [0.15, 0.2) is 5.65 Å². The van der Waals surface area contributed by atoms with Crippen molar-refractivity contribution in [3.63, 3.8) is 0 Å². The molecular weight excluding hydrogens is 692 g/mol. The van der Waals surface area contributed by atoms with Gasteiger partial charge >= 0.3 is 10.2 Å². The Balaban J connectivity index is 1.10. The van der Waals surface area contributed by atoms with Crippen LogP contribution < -0.4 is 4.90 Å². The number of anilines is 1. The van der Waals surface area contributed by atoms with Gasteiger partial charge in [0.25, 0.3) is 11.8 Å². The zero-order chi connectivity index (χ0) is 35.4. The van der Waals surface area contributed by atoms with E-state index in [1.165, 1.54) is 37.5 Å². The number of carbonyl (C=O) groups excluding carboxylic acids is 2. The molecule has 0 unspecified atom stereocenters. The maximum atomic E-state index is 14.7. The largest absolute Gasteiger partial charge is 0.355 e. The smallest absolute Gasteiger partial charge is 0.308 e. The maximum absolute atomic E-state index is 14.7. The van der Waals surface area contributed by atoms with Crippen LogP contribution in [0.25, 0.3) is 33.2 Å². The van der Waals surface area contributed by atoms with Crippen LogP contribution in [0.5, 0.6) is 0 Å². The number of hydrogen-bond donors (Lipinski definition) is 0. The van der Waals surface area contributed by atoms with Gasteiger partial charge in [-0.15, -0.1) is 11.3 Å². The maximum Gasteiger partial charge on any atom is 0.308 e. The Morgan fingerprint density at radius 2 is 1.71 bits per heavy atom. The minimum absolute atomic E-state index is 0.0598. The highest BCUT2D eigenvalue weighted by atomic mass is 32.2. The lowest BCUT2D eigenvalue weighted by atomic mass is 10.0. The number of hydrogen-bond acceptors (Lipinski definition) is 10. The molecule has 3 atom stereocenters. The molecule has 2 fully saturated rings. The second-order valence-corrected chi connectivity index (χ2v) is 16.4. The van der Waals surface area contributed by atoms with Crippen molar-refractivity contribution in [1.29, 1.82) is 0 Å². The number of rotatable bonds is 7. The summed E-state index contributed by atoms with van der Waals surface area (Å²) in [6.07, 6.45) is 5.39. The SMILES string of the molecule is Cc1csc([C@@]2(CN3C(=O)c4ccccc4C3=O)[C@@H]3CCN(c4cnc5c(-c6ccc(F)c7ncccc67)cn(S(=O)(=O)N(C)C)c5n4)C[C@@H]32)n1. The molecule has 6 heterocycles. The van der Waals surface area contributed by atoms with E-state index in [-0.39, 0.29) is 41.4 Å². The molecule has 9 rings (SSSR count). The van der Waals surface area contributed by atoms with Gasteiger partial charge in [-0.1, -0.05) is 24.3 Å². The van der Waals surface area contributed by atoms with E-state index in [1.807, 2.05) is 12.3 Å². The molecule has 0 bridgehead atoms. The molecule has 258 valence electrons. The van der Waals surface area contributed by atoms with Crippen molar-refractivity contribution in [3.05, 3.63) is 100 Å². The molecule has 2 aromatic carbocycles. The van der Waals surface area contributed by atoms with Crippen molar-refractivity contribution in [3.8, 4) is 11.1 Å². The Kier molecular flexibility index (Phi) is 6.98. The highest BCUT2D eigenvalue weighted by Gasteiger charge is 2.69. The highest BCUT2D eigenvalue weighted by molar-refractivity contribution is 7.87. The number of benzene rings is 2. The lowest BCUT2D eigenvalue weighted by molar-refractivity contribution is 0.0633.